The highest BCUT2D eigenvalue weighted by atomic mass is 35.5. The molecule has 7 heteroatoms. The summed E-state index contributed by atoms with van der Waals surface area (Å²) in [4.78, 5) is 14.7. The van der Waals surface area contributed by atoms with Crippen molar-refractivity contribution in [2.75, 3.05) is 7.11 Å². The molecule has 1 heterocycles. The van der Waals surface area contributed by atoms with Gasteiger partial charge in [0.2, 0.25) is 0 Å². The summed E-state index contributed by atoms with van der Waals surface area (Å²) in [6.07, 6.45) is -3.15. The van der Waals surface area contributed by atoms with Gasteiger partial charge in [0.1, 0.15) is 11.8 Å². The van der Waals surface area contributed by atoms with Crippen LogP contribution in [0.15, 0.2) is 6.07 Å². The molecule has 0 aliphatic rings. The number of carbonyl (C=O) groups excluding carboxylic acids is 1. The van der Waals surface area contributed by atoms with Crippen molar-refractivity contribution in [3.63, 3.8) is 0 Å². The predicted molar refractivity (Wildman–Crippen MR) is 59.2 cm³/mol. The number of methoxy groups -OCH3 is 1. The number of alkyl halides is 3. The summed E-state index contributed by atoms with van der Waals surface area (Å²) in [5.41, 5.74) is -0.571. The lowest BCUT2D eigenvalue weighted by molar-refractivity contribution is -0.139. The summed E-state index contributed by atoms with van der Waals surface area (Å²) in [5, 5.41) is 8.82. The van der Waals surface area contributed by atoms with Crippen LogP contribution in [0.4, 0.5) is 8.78 Å². The third-order valence-electron chi connectivity index (χ3n) is 2.20. The number of pyridine rings is 1. The van der Waals surface area contributed by atoms with Crippen molar-refractivity contribution in [3.8, 4) is 6.07 Å². The van der Waals surface area contributed by atoms with Gasteiger partial charge in [0.25, 0.3) is 6.43 Å². The van der Waals surface area contributed by atoms with Crippen molar-refractivity contribution in [2.24, 2.45) is 0 Å². The van der Waals surface area contributed by atoms with E-state index in [1.54, 1.807) is 6.07 Å². The van der Waals surface area contributed by atoms with E-state index in [0.29, 0.717) is 0 Å². The number of aromatic nitrogens is 1. The fraction of sp³-hybridized carbons (Fsp3) is 0.364. The maximum atomic E-state index is 12.8. The van der Waals surface area contributed by atoms with Gasteiger partial charge in [-0.3, -0.25) is 4.79 Å². The molecule has 0 radical (unpaired) electrons. The number of halogens is 3. The lowest BCUT2D eigenvalue weighted by Crippen LogP contribution is -2.10. The van der Waals surface area contributed by atoms with Gasteiger partial charge in [-0.1, -0.05) is 0 Å². The summed E-state index contributed by atoms with van der Waals surface area (Å²) in [6, 6.07) is 3.00. The number of nitriles is 1. The average Bonchev–Trinajstić information content (AvgIpc) is 2.37. The lowest BCUT2D eigenvalue weighted by Gasteiger charge is -2.09. The van der Waals surface area contributed by atoms with Crippen LogP contribution >= 0.6 is 11.6 Å². The average molecular weight is 275 g/mol. The van der Waals surface area contributed by atoms with Gasteiger partial charge >= 0.3 is 5.97 Å². The van der Waals surface area contributed by atoms with Crippen LogP contribution in [-0.4, -0.2) is 18.1 Å². The second kappa shape index (κ2) is 6.26. The first-order valence-electron chi connectivity index (χ1n) is 4.87. The molecule has 4 nitrogen and oxygen atoms in total. The summed E-state index contributed by atoms with van der Waals surface area (Å²) in [5.74, 6) is -0.716. The van der Waals surface area contributed by atoms with Crippen LogP contribution in [0.2, 0.25) is 0 Å². The molecule has 1 aromatic rings. The number of hydrogen-bond donors (Lipinski definition) is 0. The molecule has 0 fully saturated rings. The number of carbonyl (C=O) groups is 1. The zero-order valence-electron chi connectivity index (χ0n) is 9.41. The van der Waals surface area contributed by atoms with Gasteiger partial charge in [-0.15, -0.1) is 11.6 Å². The zero-order chi connectivity index (χ0) is 13.7. The van der Waals surface area contributed by atoms with Crippen LogP contribution < -0.4 is 0 Å². The number of hydrogen-bond acceptors (Lipinski definition) is 4. The molecule has 0 amide bonds. The van der Waals surface area contributed by atoms with E-state index in [1.807, 2.05) is 0 Å². The molecule has 0 saturated carbocycles. The van der Waals surface area contributed by atoms with Crippen LogP contribution in [0.3, 0.4) is 0 Å². The molecule has 0 aromatic carbocycles. The number of rotatable bonds is 4. The van der Waals surface area contributed by atoms with Gasteiger partial charge in [0, 0.05) is 5.88 Å². The maximum absolute atomic E-state index is 12.8. The first kappa shape index (κ1) is 14.3. The van der Waals surface area contributed by atoms with Crippen LogP contribution in [0.25, 0.3) is 0 Å². The first-order chi connectivity index (χ1) is 8.53. The summed E-state index contributed by atoms with van der Waals surface area (Å²) < 4.78 is 29.9. The molecule has 0 atom stereocenters. The van der Waals surface area contributed by atoms with E-state index < -0.39 is 18.1 Å². The molecular formula is C11H9ClF2N2O2. The van der Waals surface area contributed by atoms with E-state index in [4.69, 9.17) is 16.9 Å². The van der Waals surface area contributed by atoms with Crippen LogP contribution in [0.1, 0.15) is 28.9 Å². The molecule has 0 unspecified atom stereocenters. The predicted octanol–water partition coefficient (Wildman–Crippen LogP) is 2.35. The minimum atomic E-state index is -2.90. The largest absolute Gasteiger partial charge is 0.469 e. The Labute approximate surface area is 107 Å². The summed E-state index contributed by atoms with van der Waals surface area (Å²) in [7, 11) is 1.18. The van der Waals surface area contributed by atoms with Gasteiger partial charge in [0.15, 0.2) is 0 Å². The van der Waals surface area contributed by atoms with Gasteiger partial charge < -0.3 is 4.74 Å². The van der Waals surface area contributed by atoms with E-state index >= 15 is 0 Å². The molecule has 18 heavy (non-hydrogen) atoms. The first-order valence-corrected chi connectivity index (χ1v) is 5.40. The van der Waals surface area contributed by atoms with Crippen LogP contribution in [0.5, 0.6) is 0 Å². The fourth-order valence-electron chi connectivity index (χ4n) is 1.38. The summed E-state index contributed by atoms with van der Waals surface area (Å²) >= 11 is 5.59. The Kier molecular flexibility index (Phi) is 4.98. The SMILES string of the molecule is COC(=O)Cc1cc(CCl)c(C#N)c(C(F)F)n1. The molecule has 0 N–H and O–H groups in total. The summed E-state index contributed by atoms with van der Waals surface area (Å²) in [6.45, 7) is 0. The molecule has 0 aliphatic heterocycles. The van der Waals surface area contributed by atoms with Crippen LogP contribution in [-0.2, 0) is 21.8 Å². The van der Waals surface area contributed by atoms with E-state index in [-0.39, 0.29) is 29.1 Å². The Balaban J connectivity index is 3.28. The molecule has 96 valence electrons. The fourth-order valence-corrected chi connectivity index (χ4v) is 1.59. The number of nitrogens with zero attached hydrogens (tertiary/aromatic N) is 2. The molecule has 1 aromatic heterocycles. The minimum absolute atomic E-state index is 0.104. The van der Waals surface area contributed by atoms with Crippen molar-refractivity contribution in [3.05, 3.63) is 28.6 Å². The zero-order valence-corrected chi connectivity index (χ0v) is 10.2. The highest BCUT2D eigenvalue weighted by Crippen LogP contribution is 2.25. The highest BCUT2D eigenvalue weighted by Gasteiger charge is 2.20. The minimum Gasteiger partial charge on any atom is -0.469 e. The number of ether oxygens (including phenoxy) is 1. The topological polar surface area (TPSA) is 63.0 Å². The van der Waals surface area contributed by atoms with Crippen molar-refractivity contribution >= 4 is 17.6 Å². The third kappa shape index (κ3) is 3.14. The molecule has 0 saturated heterocycles. The maximum Gasteiger partial charge on any atom is 0.311 e. The van der Waals surface area contributed by atoms with Crippen LogP contribution in [0, 0.1) is 11.3 Å². The lowest BCUT2D eigenvalue weighted by atomic mass is 10.1. The van der Waals surface area contributed by atoms with Gasteiger partial charge in [-0.05, 0) is 11.6 Å². The Morgan fingerprint density at radius 2 is 2.33 bits per heavy atom. The highest BCUT2D eigenvalue weighted by molar-refractivity contribution is 6.17. The Hall–Kier alpha value is -1.74. The smallest absolute Gasteiger partial charge is 0.311 e. The molecule has 0 spiro atoms. The Morgan fingerprint density at radius 1 is 1.67 bits per heavy atom. The van der Waals surface area contributed by atoms with Crippen molar-refractivity contribution in [1.82, 2.24) is 4.98 Å². The molecular weight excluding hydrogens is 266 g/mol. The standard InChI is InChI=1S/C11H9ClF2N2O2/c1-18-9(17)3-7-2-6(4-12)8(5-15)10(16-7)11(13)14/h2,11H,3-4H2,1H3. The van der Waals surface area contributed by atoms with Gasteiger partial charge in [-0.2, -0.15) is 5.26 Å². The van der Waals surface area contributed by atoms with E-state index in [1.165, 1.54) is 13.2 Å². The monoisotopic (exact) mass is 274 g/mol. The van der Waals surface area contributed by atoms with E-state index in [2.05, 4.69) is 9.72 Å². The van der Waals surface area contributed by atoms with E-state index in [0.717, 1.165) is 0 Å². The quantitative estimate of drug-likeness (QED) is 0.624. The Bertz CT molecular complexity index is 501. The molecule has 0 bridgehead atoms. The molecule has 1 rings (SSSR count). The second-order valence-electron chi connectivity index (χ2n) is 3.33. The van der Waals surface area contributed by atoms with Gasteiger partial charge in [0.05, 0.1) is 24.8 Å². The molecule has 0 aliphatic carbocycles. The Morgan fingerprint density at radius 3 is 2.78 bits per heavy atom. The second-order valence-corrected chi connectivity index (χ2v) is 3.60. The van der Waals surface area contributed by atoms with Crippen molar-refractivity contribution < 1.29 is 18.3 Å². The normalized spacial score (nSPS) is 10.2. The number of esters is 1. The van der Waals surface area contributed by atoms with E-state index in [9.17, 15) is 13.6 Å². The van der Waals surface area contributed by atoms with Crippen molar-refractivity contribution in [2.45, 2.75) is 18.7 Å². The van der Waals surface area contributed by atoms with Crippen molar-refractivity contribution in [1.29, 1.82) is 5.26 Å². The third-order valence-corrected chi connectivity index (χ3v) is 2.49. The van der Waals surface area contributed by atoms with Gasteiger partial charge in [-0.25, -0.2) is 13.8 Å².